The van der Waals surface area contributed by atoms with Crippen molar-refractivity contribution in [2.45, 2.75) is 19.9 Å². The number of hydrogen-bond acceptors (Lipinski definition) is 2. The van der Waals surface area contributed by atoms with Crippen molar-refractivity contribution >= 4 is 5.97 Å². The Morgan fingerprint density at radius 3 is 2.61 bits per heavy atom. The molecule has 1 heterocycles. The number of carboxylic acid groups (broad SMARTS) is 1. The van der Waals surface area contributed by atoms with Gasteiger partial charge in [-0.2, -0.15) is 5.10 Å². The van der Waals surface area contributed by atoms with E-state index in [2.05, 4.69) is 5.10 Å². The highest BCUT2D eigenvalue weighted by Crippen LogP contribution is 2.21. The Bertz CT molecular complexity index is 561. The molecule has 0 fully saturated rings. The van der Waals surface area contributed by atoms with E-state index < -0.39 is 5.97 Å². The third-order valence-corrected chi connectivity index (χ3v) is 2.57. The quantitative estimate of drug-likeness (QED) is 0.905. The van der Waals surface area contributed by atoms with Crippen LogP contribution in [-0.2, 0) is 6.54 Å². The van der Waals surface area contributed by atoms with Gasteiger partial charge in [-0.1, -0.05) is 6.92 Å². The molecule has 18 heavy (non-hydrogen) atoms. The molecular weight excluding hydrogens is 235 g/mol. The first-order valence-corrected chi connectivity index (χ1v) is 5.69. The fourth-order valence-corrected chi connectivity index (χ4v) is 1.76. The molecule has 2 rings (SSSR count). The summed E-state index contributed by atoms with van der Waals surface area (Å²) in [6.45, 7) is 2.61. The third-order valence-electron chi connectivity index (χ3n) is 2.57. The molecule has 0 saturated heterocycles. The second-order valence-electron chi connectivity index (χ2n) is 3.95. The Hall–Kier alpha value is -2.17. The molecule has 0 spiro atoms. The van der Waals surface area contributed by atoms with Crippen LogP contribution in [0.1, 0.15) is 23.8 Å². The van der Waals surface area contributed by atoms with Crippen molar-refractivity contribution in [3.05, 3.63) is 41.8 Å². The lowest BCUT2D eigenvalue weighted by Crippen LogP contribution is -2.04. The largest absolute Gasteiger partial charge is 0.476 e. The Labute approximate surface area is 104 Å². The maximum atomic E-state index is 12.9. The summed E-state index contributed by atoms with van der Waals surface area (Å²) in [5.41, 5.74) is 1.45. The minimum Gasteiger partial charge on any atom is -0.476 e. The van der Waals surface area contributed by atoms with Crippen LogP contribution in [0.5, 0.6) is 0 Å². The van der Waals surface area contributed by atoms with Crippen LogP contribution in [0.2, 0.25) is 0 Å². The highest BCUT2D eigenvalue weighted by Gasteiger charge is 2.14. The van der Waals surface area contributed by atoms with Crippen molar-refractivity contribution in [2.24, 2.45) is 0 Å². The highest BCUT2D eigenvalue weighted by atomic mass is 19.1. The van der Waals surface area contributed by atoms with Gasteiger partial charge < -0.3 is 5.11 Å². The lowest BCUT2D eigenvalue weighted by Gasteiger charge is -2.05. The predicted molar refractivity (Wildman–Crippen MR) is 64.9 cm³/mol. The van der Waals surface area contributed by atoms with Crippen LogP contribution in [0.3, 0.4) is 0 Å². The summed E-state index contributed by atoms with van der Waals surface area (Å²) in [7, 11) is 0. The van der Waals surface area contributed by atoms with Gasteiger partial charge >= 0.3 is 5.97 Å². The van der Waals surface area contributed by atoms with Crippen LogP contribution in [0.25, 0.3) is 11.3 Å². The summed E-state index contributed by atoms with van der Waals surface area (Å²) in [6, 6.07) is 7.43. The van der Waals surface area contributed by atoms with Crippen molar-refractivity contribution in [1.82, 2.24) is 9.78 Å². The van der Waals surface area contributed by atoms with E-state index in [0.29, 0.717) is 12.2 Å². The van der Waals surface area contributed by atoms with Gasteiger partial charge in [0.15, 0.2) is 5.69 Å². The molecule has 2 aromatic rings. The van der Waals surface area contributed by atoms with Gasteiger partial charge in [-0.3, -0.25) is 4.68 Å². The zero-order valence-corrected chi connectivity index (χ0v) is 9.93. The standard InChI is InChI=1S/C13H13FN2O2/c1-2-7-16-12(8-11(15-16)13(17)18)9-3-5-10(14)6-4-9/h3-6,8H,2,7H2,1H3,(H,17,18). The molecule has 1 aromatic heterocycles. The van der Waals surface area contributed by atoms with Crippen molar-refractivity contribution in [3.8, 4) is 11.3 Å². The fraction of sp³-hybridized carbons (Fsp3) is 0.231. The number of rotatable bonds is 4. The summed E-state index contributed by atoms with van der Waals surface area (Å²) < 4.78 is 14.5. The maximum absolute atomic E-state index is 12.9. The van der Waals surface area contributed by atoms with Crippen molar-refractivity contribution in [2.75, 3.05) is 0 Å². The average Bonchev–Trinajstić information content (AvgIpc) is 2.75. The number of aryl methyl sites for hydroxylation is 1. The minimum atomic E-state index is -1.06. The Morgan fingerprint density at radius 2 is 2.06 bits per heavy atom. The van der Waals surface area contributed by atoms with Crippen LogP contribution in [0.15, 0.2) is 30.3 Å². The van der Waals surface area contributed by atoms with Crippen LogP contribution >= 0.6 is 0 Å². The zero-order chi connectivity index (χ0) is 13.1. The van der Waals surface area contributed by atoms with E-state index in [9.17, 15) is 9.18 Å². The summed E-state index contributed by atoms with van der Waals surface area (Å²) in [5.74, 6) is -1.38. The van der Waals surface area contributed by atoms with Crippen LogP contribution in [0, 0.1) is 5.82 Å². The van der Waals surface area contributed by atoms with E-state index in [4.69, 9.17) is 5.11 Å². The van der Waals surface area contributed by atoms with E-state index in [0.717, 1.165) is 12.0 Å². The molecule has 4 nitrogen and oxygen atoms in total. The van der Waals surface area contributed by atoms with E-state index in [1.165, 1.54) is 18.2 Å². The zero-order valence-electron chi connectivity index (χ0n) is 9.93. The maximum Gasteiger partial charge on any atom is 0.356 e. The second kappa shape index (κ2) is 5.00. The molecule has 0 unspecified atom stereocenters. The number of carboxylic acids is 1. The van der Waals surface area contributed by atoms with Crippen LogP contribution < -0.4 is 0 Å². The molecular formula is C13H13FN2O2. The van der Waals surface area contributed by atoms with Gasteiger partial charge in [-0.25, -0.2) is 9.18 Å². The molecule has 0 radical (unpaired) electrons. The van der Waals surface area contributed by atoms with E-state index in [1.807, 2.05) is 6.92 Å². The van der Waals surface area contributed by atoms with Gasteiger partial charge in [0.05, 0.1) is 5.69 Å². The number of nitrogens with zero attached hydrogens (tertiary/aromatic N) is 2. The number of hydrogen-bond donors (Lipinski definition) is 1. The average molecular weight is 248 g/mol. The Balaban J connectivity index is 2.47. The molecule has 1 aromatic carbocycles. The first-order valence-electron chi connectivity index (χ1n) is 5.69. The fourth-order valence-electron chi connectivity index (χ4n) is 1.76. The molecule has 1 N–H and O–H groups in total. The molecule has 0 aliphatic carbocycles. The predicted octanol–water partition coefficient (Wildman–Crippen LogP) is 2.80. The number of aromatic nitrogens is 2. The molecule has 5 heteroatoms. The Morgan fingerprint density at radius 1 is 1.39 bits per heavy atom. The van der Waals surface area contributed by atoms with Gasteiger partial charge in [0.25, 0.3) is 0 Å². The molecule has 0 bridgehead atoms. The summed E-state index contributed by atoms with van der Waals surface area (Å²) in [6.07, 6.45) is 0.842. The SMILES string of the molecule is CCCn1nc(C(=O)O)cc1-c1ccc(F)cc1. The summed E-state index contributed by atoms with van der Waals surface area (Å²) in [5, 5.41) is 13.0. The van der Waals surface area contributed by atoms with E-state index >= 15 is 0 Å². The molecule has 0 aliphatic heterocycles. The first-order chi connectivity index (χ1) is 8.61. The molecule has 0 amide bonds. The summed E-state index contributed by atoms with van der Waals surface area (Å²) >= 11 is 0. The van der Waals surface area contributed by atoms with Gasteiger partial charge in [0.2, 0.25) is 0 Å². The summed E-state index contributed by atoms with van der Waals surface area (Å²) in [4.78, 5) is 10.9. The van der Waals surface area contributed by atoms with Crippen molar-refractivity contribution < 1.29 is 14.3 Å². The van der Waals surface area contributed by atoms with Gasteiger partial charge in [-0.05, 0) is 36.8 Å². The van der Waals surface area contributed by atoms with E-state index in [-0.39, 0.29) is 11.5 Å². The molecule has 0 saturated carbocycles. The number of benzene rings is 1. The van der Waals surface area contributed by atoms with Gasteiger partial charge in [0, 0.05) is 12.1 Å². The van der Waals surface area contributed by atoms with Crippen molar-refractivity contribution in [1.29, 1.82) is 0 Å². The van der Waals surface area contributed by atoms with Crippen LogP contribution in [-0.4, -0.2) is 20.9 Å². The highest BCUT2D eigenvalue weighted by molar-refractivity contribution is 5.87. The molecule has 0 atom stereocenters. The topological polar surface area (TPSA) is 55.1 Å². The lowest BCUT2D eigenvalue weighted by atomic mass is 10.1. The first kappa shape index (κ1) is 12.3. The lowest BCUT2D eigenvalue weighted by molar-refractivity contribution is 0.0689. The minimum absolute atomic E-state index is 0.00257. The van der Waals surface area contributed by atoms with Crippen LogP contribution in [0.4, 0.5) is 4.39 Å². The number of aromatic carboxylic acids is 1. The molecule has 0 aliphatic rings. The van der Waals surface area contributed by atoms with Gasteiger partial charge in [-0.15, -0.1) is 0 Å². The number of halogens is 1. The monoisotopic (exact) mass is 248 g/mol. The van der Waals surface area contributed by atoms with E-state index in [1.54, 1.807) is 16.8 Å². The Kier molecular flexibility index (Phi) is 3.41. The van der Waals surface area contributed by atoms with Crippen molar-refractivity contribution in [3.63, 3.8) is 0 Å². The smallest absolute Gasteiger partial charge is 0.356 e. The normalized spacial score (nSPS) is 10.6. The molecule has 94 valence electrons. The second-order valence-corrected chi connectivity index (χ2v) is 3.95. The number of carbonyl (C=O) groups is 1. The van der Waals surface area contributed by atoms with Gasteiger partial charge in [0.1, 0.15) is 5.82 Å². The third kappa shape index (κ3) is 2.40.